The average Bonchev–Trinajstić information content (AvgIpc) is 2.69. The van der Waals surface area contributed by atoms with E-state index in [0.29, 0.717) is 6.42 Å². The molecule has 1 aromatic heterocycles. The summed E-state index contributed by atoms with van der Waals surface area (Å²) in [7, 11) is 0. The molecule has 0 N–H and O–H groups in total. The average molecular weight is 321 g/mol. The van der Waals surface area contributed by atoms with Gasteiger partial charge >= 0.3 is 0 Å². The van der Waals surface area contributed by atoms with Crippen LogP contribution in [0, 0.1) is 13.8 Å². The maximum Gasteiger partial charge on any atom is 0.169 e. The van der Waals surface area contributed by atoms with Crippen molar-refractivity contribution in [3.05, 3.63) is 51.3 Å². The normalized spacial score (nSPS) is 10.7. The minimum Gasteiger partial charge on any atom is -0.294 e. The number of aromatic nitrogens is 2. The quantitative estimate of drug-likeness (QED) is 0.805. The van der Waals surface area contributed by atoms with E-state index in [2.05, 4.69) is 21.0 Å². The van der Waals surface area contributed by atoms with Crippen LogP contribution in [0.2, 0.25) is 0 Å². The summed E-state index contributed by atoms with van der Waals surface area (Å²) < 4.78 is 2.74. The first-order valence-corrected chi connectivity index (χ1v) is 7.13. The van der Waals surface area contributed by atoms with Gasteiger partial charge in [0, 0.05) is 22.3 Å². The highest BCUT2D eigenvalue weighted by Gasteiger charge is 2.14. The summed E-state index contributed by atoms with van der Waals surface area (Å²) in [6.07, 6.45) is 0.385. The van der Waals surface area contributed by atoms with E-state index in [4.69, 9.17) is 0 Å². The Morgan fingerprint density at radius 3 is 2.68 bits per heavy atom. The van der Waals surface area contributed by atoms with Gasteiger partial charge in [-0.1, -0.05) is 22.0 Å². The number of benzene rings is 1. The Balaban J connectivity index is 2.25. The van der Waals surface area contributed by atoms with Crippen LogP contribution in [0.1, 0.15) is 34.2 Å². The molecule has 0 spiro atoms. The van der Waals surface area contributed by atoms with E-state index in [0.717, 1.165) is 33.5 Å². The molecule has 0 aliphatic carbocycles. The molecule has 2 aromatic rings. The van der Waals surface area contributed by atoms with Gasteiger partial charge in [-0.2, -0.15) is 5.10 Å². The molecule has 0 amide bonds. The molecule has 0 unspecified atom stereocenters. The molecule has 0 saturated carbocycles. The first-order chi connectivity index (χ1) is 9.01. The zero-order valence-corrected chi connectivity index (χ0v) is 13.0. The second-order valence-corrected chi connectivity index (χ2v) is 5.53. The highest BCUT2D eigenvalue weighted by Crippen LogP contribution is 2.20. The Morgan fingerprint density at radius 2 is 2.05 bits per heavy atom. The Kier molecular flexibility index (Phi) is 4.20. The molecule has 2 rings (SSSR count). The van der Waals surface area contributed by atoms with Crippen LogP contribution in [0.25, 0.3) is 0 Å². The Morgan fingerprint density at radius 1 is 1.32 bits per heavy atom. The van der Waals surface area contributed by atoms with Crippen molar-refractivity contribution in [2.75, 3.05) is 0 Å². The van der Waals surface area contributed by atoms with E-state index in [9.17, 15) is 4.79 Å². The predicted molar refractivity (Wildman–Crippen MR) is 79.6 cm³/mol. The summed E-state index contributed by atoms with van der Waals surface area (Å²) in [5.74, 6) is 0.112. The molecule has 3 nitrogen and oxygen atoms in total. The van der Waals surface area contributed by atoms with Gasteiger partial charge in [-0.3, -0.25) is 9.48 Å². The molecule has 0 fully saturated rings. The molecule has 0 atom stereocenters. The first kappa shape index (κ1) is 14.0. The molecule has 0 aliphatic rings. The van der Waals surface area contributed by atoms with Gasteiger partial charge in [0.25, 0.3) is 0 Å². The summed E-state index contributed by atoms with van der Waals surface area (Å²) in [6, 6.07) is 7.78. The van der Waals surface area contributed by atoms with Crippen LogP contribution in [0.3, 0.4) is 0 Å². The predicted octanol–water partition coefficient (Wildman–Crippen LogP) is 3.71. The fourth-order valence-electron chi connectivity index (χ4n) is 2.12. The summed E-state index contributed by atoms with van der Waals surface area (Å²) in [4.78, 5) is 12.4. The topological polar surface area (TPSA) is 34.9 Å². The first-order valence-electron chi connectivity index (χ1n) is 6.34. The highest BCUT2D eigenvalue weighted by atomic mass is 79.9. The van der Waals surface area contributed by atoms with Gasteiger partial charge < -0.3 is 0 Å². The van der Waals surface area contributed by atoms with Crippen molar-refractivity contribution >= 4 is 21.7 Å². The molecule has 4 heteroatoms. The van der Waals surface area contributed by atoms with Crippen LogP contribution >= 0.6 is 15.9 Å². The number of carbonyl (C=O) groups excluding carboxylic acids is 1. The summed E-state index contributed by atoms with van der Waals surface area (Å²) >= 11 is 3.46. The molecule has 1 aromatic carbocycles. The van der Waals surface area contributed by atoms with E-state index in [-0.39, 0.29) is 5.78 Å². The van der Waals surface area contributed by atoms with Crippen LogP contribution in [0.5, 0.6) is 0 Å². The van der Waals surface area contributed by atoms with Crippen LogP contribution in [-0.2, 0) is 13.0 Å². The van der Waals surface area contributed by atoms with Gasteiger partial charge in [-0.15, -0.1) is 0 Å². The SMILES string of the molecule is CCn1nc(C)cc1CC(=O)c1ccc(C)cc1Br. The van der Waals surface area contributed by atoms with E-state index >= 15 is 0 Å². The van der Waals surface area contributed by atoms with E-state index in [1.54, 1.807) is 0 Å². The zero-order valence-electron chi connectivity index (χ0n) is 11.4. The second-order valence-electron chi connectivity index (χ2n) is 4.68. The number of ketones is 1. The molecule has 19 heavy (non-hydrogen) atoms. The Labute approximate surface area is 121 Å². The lowest BCUT2D eigenvalue weighted by Gasteiger charge is -2.06. The molecule has 0 saturated heterocycles. The number of hydrogen-bond acceptors (Lipinski definition) is 2. The van der Waals surface area contributed by atoms with Crippen LogP contribution in [0.4, 0.5) is 0 Å². The number of aryl methyl sites for hydroxylation is 3. The monoisotopic (exact) mass is 320 g/mol. The maximum atomic E-state index is 12.4. The van der Waals surface area contributed by atoms with E-state index < -0.39 is 0 Å². The van der Waals surface area contributed by atoms with Gasteiger partial charge in [-0.25, -0.2) is 0 Å². The number of carbonyl (C=O) groups is 1. The third-order valence-corrected chi connectivity index (χ3v) is 3.71. The summed E-state index contributed by atoms with van der Waals surface area (Å²) in [5.41, 5.74) is 3.79. The molecular formula is C15H17BrN2O. The molecule has 100 valence electrons. The van der Waals surface area contributed by atoms with Crippen molar-refractivity contribution in [2.45, 2.75) is 33.7 Å². The van der Waals surface area contributed by atoms with E-state index in [1.807, 2.05) is 49.7 Å². The van der Waals surface area contributed by atoms with Crippen molar-refractivity contribution in [1.82, 2.24) is 9.78 Å². The van der Waals surface area contributed by atoms with Crippen LogP contribution in [0.15, 0.2) is 28.7 Å². The van der Waals surface area contributed by atoms with Crippen molar-refractivity contribution in [3.63, 3.8) is 0 Å². The number of hydrogen-bond donors (Lipinski definition) is 0. The summed E-state index contributed by atoms with van der Waals surface area (Å²) in [6.45, 7) is 6.77. The largest absolute Gasteiger partial charge is 0.294 e. The Bertz CT molecular complexity index is 617. The van der Waals surface area contributed by atoms with Crippen molar-refractivity contribution < 1.29 is 4.79 Å². The van der Waals surface area contributed by atoms with Crippen molar-refractivity contribution in [1.29, 1.82) is 0 Å². The third kappa shape index (κ3) is 3.13. The van der Waals surface area contributed by atoms with Gasteiger partial charge in [0.1, 0.15) is 0 Å². The zero-order chi connectivity index (χ0) is 14.0. The number of rotatable bonds is 4. The van der Waals surface area contributed by atoms with Crippen molar-refractivity contribution in [3.8, 4) is 0 Å². The highest BCUT2D eigenvalue weighted by molar-refractivity contribution is 9.10. The number of nitrogens with zero attached hydrogens (tertiary/aromatic N) is 2. The van der Waals surface area contributed by atoms with Crippen LogP contribution in [-0.4, -0.2) is 15.6 Å². The molecule has 1 heterocycles. The molecular weight excluding hydrogens is 304 g/mol. The van der Waals surface area contributed by atoms with Crippen molar-refractivity contribution in [2.24, 2.45) is 0 Å². The maximum absolute atomic E-state index is 12.4. The molecule has 0 aliphatic heterocycles. The fraction of sp³-hybridized carbons (Fsp3) is 0.333. The lowest BCUT2D eigenvalue weighted by atomic mass is 10.0. The third-order valence-electron chi connectivity index (χ3n) is 3.05. The number of Topliss-reactive ketones (excluding diaryl/α,β-unsaturated/α-hetero) is 1. The molecule has 0 bridgehead atoms. The second kappa shape index (κ2) is 5.70. The van der Waals surface area contributed by atoms with Gasteiger partial charge in [-0.05, 0) is 44.5 Å². The lowest BCUT2D eigenvalue weighted by Crippen LogP contribution is -2.10. The van der Waals surface area contributed by atoms with Gasteiger partial charge in [0.05, 0.1) is 12.1 Å². The smallest absolute Gasteiger partial charge is 0.169 e. The lowest BCUT2D eigenvalue weighted by molar-refractivity contribution is 0.0990. The number of halogens is 1. The molecule has 0 radical (unpaired) electrons. The standard InChI is InChI=1S/C15H17BrN2O/c1-4-18-12(8-11(3)17-18)9-15(19)13-6-5-10(2)7-14(13)16/h5-8H,4,9H2,1-3H3. The minimum atomic E-state index is 0.112. The van der Waals surface area contributed by atoms with Crippen LogP contribution < -0.4 is 0 Å². The Hall–Kier alpha value is -1.42. The van der Waals surface area contributed by atoms with Gasteiger partial charge in [0.2, 0.25) is 0 Å². The fourth-order valence-corrected chi connectivity index (χ4v) is 2.84. The van der Waals surface area contributed by atoms with E-state index in [1.165, 1.54) is 0 Å². The minimum absolute atomic E-state index is 0.112. The van der Waals surface area contributed by atoms with Gasteiger partial charge in [0.15, 0.2) is 5.78 Å². The summed E-state index contributed by atoms with van der Waals surface area (Å²) in [5, 5.41) is 4.37.